The summed E-state index contributed by atoms with van der Waals surface area (Å²) in [5.74, 6) is 3.06. The van der Waals surface area contributed by atoms with Gasteiger partial charge in [0.2, 0.25) is 0 Å². The first-order chi connectivity index (χ1) is 2.41. The number of rotatable bonds is 0. The molecule has 2 nitrogen and oxygen atoms in total. The van der Waals surface area contributed by atoms with E-state index in [1.54, 1.807) is 0 Å². The summed E-state index contributed by atoms with van der Waals surface area (Å²) in [6, 6.07) is 0. The summed E-state index contributed by atoms with van der Waals surface area (Å²) in [7, 11) is 0. The second-order valence-electron chi connectivity index (χ2n) is 0.0913. The van der Waals surface area contributed by atoms with Gasteiger partial charge in [-0.25, -0.2) is 0 Å². The Morgan fingerprint density at radius 3 is 1.67 bits per heavy atom. The molecule has 35 valence electrons. The van der Waals surface area contributed by atoms with Gasteiger partial charge in [0.25, 0.3) is 0 Å². The molecule has 0 saturated carbocycles. The summed E-state index contributed by atoms with van der Waals surface area (Å²) < 4.78 is 0. The van der Waals surface area contributed by atoms with E-state index in [0.717, 1.165) is 0 Å². The third-order valence-electron chi connectivity index (χ3n) is 0. The van der Waals surface area contributed by atoms with E-state index in [9.17, 15) is 0 Å². The molecule has 0 fully saturated rings. The van der Waals surface area contributed by atoms with Crippen molar-refractivity contribution in [1.82, 2.24) is 0 Å². The van der Waals surface area contributed by atoms with E-state index in [1.807, 2.05) is 0 Å². The monoisotopic (exact) mass is 277 g/mol. The van der Waals surface area contributed by atoms with Crippen molar-refractivity contribution in [1.29, 1.82) is 0 Å². The largest absolute Gasteiger partial charge is 0.665 e. The molecular formula is C2H3BrLaO2-2. The van der Waals surface area contributed by atoms with Crippen LogP contribution < -0.4 is 0 Å². The van der Waals surface area contributed by atoms with Gasteiger partial charge in [0.05, 0.1) is 0 Å². The maximum Gasteiger partial charge on any atom is 0 e. The zero-order valence-electron chi connectivity index (χ0n) is 3.02. The van der Waals surface area contributed by atoms with E-state index in [0.29, 0.717) is 6.47 Å². The first kappa shape index (κ1) is 15.7. The zero-order chi connectivity index (χ0) is 4.71. The summed E-state index contributed by atoms with van der Waals surface area (Å²) in [6.07, 6.45) is 0. The third-order valence-corrected chi connectivity index (χ3v) is 0. The zero-order valence-corrected chi connectivity index (χ0v) is 8.23. The third kappa shape index (κ3) is 67.4. The van der Waals surface area contributed by atoms with Crippen molar-refractivity contribution in [2.45, 2.75) is 0 Å². The fraction of sp³-hybridized carbons (Fsp3) is 0. The quantitative estimate of drug-likeness (QED) is 0.665. The van der Waals surface area contributed by atoms with Crippen LogP contribution in [0.2, 0.25) is 0 Å². The summed E-state index contributed by atoms with van der Waals surface area (Å²) in [5.41, 5.74) is 0. The Morgan fingerprint density at radius 1 is 1.67 bits per heavy atom. The minimum Gasteiger partial charge on any atom is -0.665 e. The Hall–Kier alpha value is 1.14. The van der Waals surface area contributed by atoms with E-state index in [2.05, 4.69) is 21.8 Å². The molecule has 0 saturated heterocycles. The van der Waals surface area contributed by atoms with Crippen LogP contribution in [0.1, 0.15) is 0 Å². The second kappa shape index (κ2) is 35.4. The molecule has 0 atom stereocenters. The average molecular weight is 278 g/mol. The molecule has 1 N–H and O–H groups in total. The number of halogens is 1. The van der Waals surface area contributed by atoms with Crippen molar-refractivity contribution in [2.75, 3.05) is 0 Å². The van der Waals surface area contributed by atoms with Crippen molar-refractivity contribution in [3.8, 4) is 0 Å². The van der Waals surface area contributed by atoms with Gasteiger partial charge in [0.1, 0.15) is 0 Å². The molecule has 0 rings (SSSR count). The first-order valence-electron chi connectivity index (χ1n) is 0.695. The van der Waals surface area contributed by atoms with Crippen LogP contribution in [0.15, 0.2) is 0 Å². The molecule has 0 heterocycles. The SMILES string of the molecule is O=[C-]O.[CH2-]Br.[La]. The van der Waals surface area contributed by atoms with Crippen LogP contribution >= 0.6 is 15.9 Å². The van der Waals surface area contributed by atoms with Gasteiger partial charge >= 0.3 is 0 Å². The standard InChI is InChI=1S/CH2Br.CHO2.La/c1-2;2-1-3;/h1H2;(H,2,3);/q2*-1;. The van der Waals surface area contributed by atoms with Crippen LogP contribution in [0, 0.1) is 41.4 Å². The predicted octanol–water partition coefficient (Wildman–Crippen LogP) is 0.784. The average Bonchev–Trinajstić information content (AvgIpc) is 1.46. The molecule has 0 aromatic rings. The predicted molar refractivity (Wildman–Crippen MR) is 22.6 cm³/mol. The Morgan fingerprint density at radius 2 is 1.67 bits per heavy atom. The minimum absolute atomic E-state index is 0. The van der Waals surface area contributed by atoms with Crippen molar-refractivity contribution < 1.29 is 45.5 Å². The van der Waals surface area contributed by atoms with Gasteiger partial charge in [-0.1, -0.05) is 6.47 Å². The minimum atomic E-state index is 0. The fourth-order valence-corrected chi connectivity index (χ4v) is 0. The molecule has 0 bridgehead atoms. The van der Waals surface area contributed by atoms with E-state index < -0.39 is 0 Å². The molecule has 1 radical (unpaired) electrons. The fourth-order valence-electron chi connectivity index (χ4n) is 0. The van der Waals surface area contributed by atoms with Gasteiger partial charge in [-0.15, -0.1) is 0 Å². The van der Waals surface area contributed by atoms with Crippen LogP contribution in [0.5, 0.6) is 0 Å². The van der Waals surface area contributed by atoms with E-state index in [4.69, 9.17) is 9.90 Å². The van der Waals surface area contributed by atoms with Gasteiger partial charge < -0.3 is 25.8 Å². The summed E-state index contributed by atoms with van der Waals surface area (Å²) in [5, 5.41) is 6.76. The molecule has 0 amide bonds. The van der Waals surface area contributed by atoms with Gasteiger partial charge in [-0.2, -0.15) is 0 Å². The molecule has 0 unspecified atom stereocenters. The normalized spacial score (nSPS) is 3.00. The van der Waals surface area contributed by atoms with Crippen LogP contribution in [0.3, 0.4) is 0 Å². The topological polar surface area (TPSA) is 37.3 Å². The second-order valence-corrected chi connectivity index (χ2v) is 0.0913. The van der Waals surface area contributed by atoms with Crippen LogP contribution in [0.4, 0.5) is 0 Å². The van der Waals surface area contributed by atoms with E-state index >= 15 is 0 Å². The van der Waals surface area contributed by atoms with Crippen molar-refractivity contribution in [3.63, 3.8) is 0 Å². The van der Waals surface area contributed by atoms with Gasteiger partial charge in [0, 0.05) is 35.6 Å². The van der Waals surface area contributed by atoms with Gasteiger partial charge in [-0.05, 0) is 0 Å². The maximum atomic E-state index is 8.24. The summed E-state index contributed by atoms with van der Waals surface area (Å²) in [4.78, 5) is 8.24. The van der Waals surface area contributed by atoms with Crippen molar-refractivity contribution in [3.05, 3.63) is 5.83 Å². The van der Waals surface area contributed by atoms with Gasteiger partial charge in [-0.3, -0.25) is 5.83 Å². The van der Waals surface area contributed by atoms with Crippen LogP contribution in [-0.2, 0) is 4.79 Å². The molecular weight excluding hydrogens is 275 g/mol. The summed E-state index contributed by atoms with van der Waals surface area (Å²) >= 11 is 2.69. The van der Waals surface area contributed by atoms with Crippen LogP contribution in [-0.4, -0.2) is 11.6 Å². The molecule has 0 aromatic heterocycles. The molecule has 0 aliphatic carbocycles. The molecule has 4 heteroatoms. The van der Waals surface area contributed by atoms with Gasteiger partial charge in [0.15, 0.2) is 0 Å². The van der Waals surface area contributed by atoms with E-state index in [-0.39, 0.29) is 35.6 Å². The first-order valence-corrected chi connectivity index (χ1v) is 1.82. The Balaban J connectivity index is -0.0000000275. The Labute approximate surface area is 73.0 Å². The molecule has 6 heavy (non-hydrogen) atoms. The number of aliphatic hydroxyl groups excluding tert-OH is 1. The molecule has 0 aliphatic rings. The molecule has 0 aromatic carbocycles. The Kier molecular flexibility index (Phi) is 92.5. The van der Waals surface area contributed by atoms with E-state index in [1.165, 1.54) is 0 Å². The maximum absolute atomic E-state index is 8.24. The smallest absolute Gasteiger partial charge is 0 e. The van der Waals surface area contributed by atoms with Crippen molar-refractivity contribution >= 4 is 22.4 Å². The number of hydrogen-bond acceptors (Lipinski definition) is 1. The molecule has 0 spiro atoms. The van der Waals surface area contributed by atoms with Crippen LogP contribution in [0.25, 0.3) is 0 Å². The molecule has 0 aliphatic heterocycles. The Bertz CT molecular complexity index is 19.0. The van der Waals surface area contributed by atoms with Crippen molar-refractivity contribution in [2.24, 2.45) is 0 Å². The number of hydrogen-bond donors (Lipinski definition) is 1. The summed E-state index contributed by atoms with van der Waals surface area (Å²) in [6.45, 7) is 0.500.